The maximum absolute atomic E-state index is 12.5. The van der Waals surface area contributed by atoms with Gasteiger partial charge in [-0.15, -0.1) is 0 Å². The van der Waals surface area contributed by atoms with Crippen LogP contribution in [0.3, 0.4) is 0 Å². The van der Waals surface area contributed by atoms with Gasteiger partial charge in [0.15, 0.2) is 0 Å². The molecular formula is C17H15N3O4S. The van der Waals surface area contributed by atoms with Crippen LogP contribution in [0, 0.1) is 0 Å². The van der Waals surface area contributed by atoms with Gasteiger partial charge < -0.3 is 10.6 Å². The first kappa shape index (κ1) is 16.7. The molecule has 0 fully saturated rings. The molecule has 2 aromatic rings. The largest absolute Gasteiger partial charge is 0.357 e. The Hall–Kier alpha value is -3.13. The smallest absolute Gasteiger partial charge is 0.272 e. The molecule has 0 aromatic heterocycles. The number of benzene rings is 2. The van der Waals surface area contributed by atoms with Crippen molar-refractivity contribution in [3.63, 3.8) is 0 Å². The number of amides is 2. The molecule has 25 heavy (non-hydrogen) atoms. The van der Waals surface area contributed by atoms with Gasteiger partial charge in [-0.2, -0.15) is 0 Å². The first-order chi connectivity index (χ1) is 11.9. The van der Waals surface area contributed by atoms with Gasteiger partial charge in [0.2, 0.25) is 0 Å². The van der Waals surface area contributed by atoms with Crippen molar-refractivity contribution in [1.82, 2.24) is 4.72 Å². The van der Waals surface area contributed by atoms with Gasteiger partial charge in [-0.05, 0) is 31.2 Å². The summed E-state index contributed by atoms with van der Waals surface area (Å²) in [7, 11) is -4.08. The van der Waals surface area contributed by atoms with E-state index in [1.54, 1.807) is 42.5 Å². The van der Waals surface area contributed by atoms with Crippen LogP contribution in [0.5, 0.6) is 0 Å². The Kier molecular flexibility index (Phi) is 4.28. The molecular weight excluding hydrogens is 342 g/mol. The SMILES string of the molecule is CC1=C(C(=O)NS(=O)(=O)c2ccccc2)C(=O)Nc2ccccc2N1. The molecule has 1 heterocycles. The Morgan fingerprint density at radius 3 is 2.12 bits per heavy atom. The Morgan fingerprint density at radius 2 is 1.48 bits per heavy atom. The minimum absolute atomic E-state index is 0.0631. The highest BCUT2D eigenvalue weighted by Gasteiger charge is 2.28. The van der Waals surface area contributed by atoms with Crippen molar-refractivity contribution in [2.75, 3.05) is 10.6 Å². The molecule has 128 valence electrons. The van der Waals surface area contributed by atoms with Gasteiger partial charge in [-0.3, -0.25) is 9.59 Å². The van der Waals surface area contributed by atoms with E-state index in [-0.39, 0.29) is 16.2 Å². The molecule has 0 saturated carbocycles. The summed E-state index contributed by atoms with van der Waals surface area (Å²) in [4.78, 5) is 24.8. The summed E-state index contributed by atoms with van der Waals surface area (Å²) in [5.41, 5.74) is 1.07. The van der Waals surface area contributed by atoms with Gasteiger partial charge in [0.1, 0.15) is 5.57 Å². The second-order valence-electron chi connectivity index (χ2n) is 5.37. The molecule has 7 nitrogen and oxygen atoms in total. The number of hydrogen-bond donors (Lipinski definition) is 3. The summed E-state index contributed by atoms with van der Waals surface area (Å²) in [6.07, 6.45) is 0. The van der Waals surface area contributed by atoms with E-state index in [9.17, 15) is 18.0 Å². The number of carbonyl (C=O) groups excluding carboxylic acids is 2. The van der Waals surface area contributed by atoms with Crippen LogP contribution in [0.25, 0.3) is 0 Å². The van der Waals surface area contributed by atoms with Crippen LogP contribution >= 0.6 is 0 Å². The molecule has 0 atom stereocenters. The van der Waals surface area contributed by atoms with Crippen LogP contribution < -0.4 is 15.4 Å². The minimum atomic E-state index is -4.08. The zero-order chi connectivity index (χ0) is 18.0. The van der Waals surface area contributed by atoms with E-state index >= 15 is 0 Å². The fourth-order valence-electron chi connectivity index (χ4n) is 2.43. The second-order valence-corrected chi connectivity index (χ2v) is 7.05. The average molecular weight is 357 g/mol. The number of sulfonamides is 1. The summed E-state index contributed by atoms with van der Waals surface area (Å²) in [6.45, 7) is 1.53. The van der Waals surface area contributed by atoms with Crippen molar-refractivity contribution in [2.24, 2.45) is 0 Å². The molecule has 0 spiro atoms. The normalized spacial score (nSPS) is 14.0. The maximum atomic E-state index is 12.5. The number of fused-ring (bicyclic) bond motifs is 1. The van der Waals surface area contributed by atoms with Crippen molar-refractivity contribution in [2.45, 2.75) is 11.8 Å². The molecule has 0 unspecified atom stereocenters. The Balaban J connectivity index is 1.91. The lowest BCUT2D eigenvalue weighted by Crippen LogP contribution is -2.36. The topological polar surface area (TPSA) is 104 Å². The first-order valence-electron chi connectivity index (χ1n) is 7.39. The number of nitrogens with one attached hydrogen (secondary N) is 3. The third-order valence-corrected chi connectivity index (χ3v) is 4.95. The number of rotatable bonds is 3. The van der Waals surface area contributed by atoms with Gasteiger partial charge >= 0.3 is 0 Å². The third kappa shape index (κ3) is 3.38. The van der Waals surface area contributed by atoms with Crippen LogP contribution in [0.15, 0.2) is 70.8 Å². The van der Waals surface area contributed by atoms with Gasteiger partial charge in [0.05, 0.1) is 16.3 Å². The molecule has 2 amide bonds. The number of hydrogen-bond acceptors (Lipinski definition) is 5. The highest BCUT2D eigenvalue weighted by Crippen LogP contribution is 2.27. The molecule has 1 aliphatic rings. The molecule has 2 aromatic carbocycles. The van der Waals surface area contributed by atoms with Crippen LogP contribution in [-0.2, 0) is 19.6 Å². The number of para-hydroxylation sites is 2. The van der Waals surface area contributed by atoms with Crippen LogP contribution in [0.4, 0.5) is 11.4 Å². The average Bonchev–Trinajstić information content (AvgIpc) is 2.69. The lowest BCUT2D eigenvalue weighted by atomic mass is 10.2. The molecule has 0 saturated heterocycles. The zero-order valence-electron chi connectivity index (χ0n) is 13.2. The number of allylic oxidation sites excluding steroid dienone is 1. The predicted octanol–water partition coefficient (Wildman–Crippen LogP) is 1.83. The summed E-state index contributed by atoms with van der Waals surface area (Å²) >= 11 is 0. The molecule has 0 radical (unpaired) electrons. The van der Waals surface area contributed by atoms with Crippen molar-refractivity contribution in [1.29, 1.82) is 0 Å². The van der Waals surface area contributed by atoms with Crippen molar-refractivity contribution < 1.29 is 18.0 Å². The highest BCUT2D eigenvalue weighted by atomic mass is 32.2. The molecule has 3 N–H and O–H groups in total. The third-order valence-electron chi connectivity index (χ3n) is 3.61. The van der Waals surface area contributed by atoms with Crippen LogP contribution in [0.1, 0.15) is 6.92 Å². The molecule has 8 heteroatoms. The maximum Gasteiger partial charge on any atom is 0.272 e. The predicted molar refractivity (Wildman–Crippen MR) is 93.2 cm³/mol. The lowest BCUT2D eigenvalue weighted by Gasteiger charge is -2.10. The first-order valence-corrected chi connectivity index (χ1v) is 8.87. The lowest BCUT2D eigenvalue weighted by molar-refractivity contribution is -0.120. The highest BCUT2D eigenvalue weighted by molar-refractivity contribution is 7.90. The van der Waals surface area contributed by atoms with E-state index in [0.717, 1.165) is 0 Å². The van der Waals surface area contributed by atoms with Crippen molar-refractivity contribution in [3.8, 4) is 0 Å². The summed E-state index contributed by atoms with van der Waals surface area (Å²) in [6, 6.07) is 14.4. The monoisotopic (exact) mass is 357 g/mol. The fourth-order valence-corrected chi connectivity index (χ4v) is 3.41. The summed E-state index contributed by atoms with van der Waals surface area (Å²) in [5, 5.41) is 5.54. The Morgan fingerprint density at radius 1 is 0.920 bits per heavy atom. The van der Waals surface area contributed by atoms with E-state index in [2.05, 4.69) is 10.6 Å². The Bertz CT molecular complexity index is 982. The van der Waals surface area contributed by atoms with E-state index in [1.807, 2.05) is 4.72 Å². The molecule has 1 aliphatic heterocycles. The fraction of sp³-hybridized carbons (Fsp3) is 0.0588. The minimum Gasteiger partial charge on any atom is -0.357 e. The summed E-state index contributed by atoms with van der Waals surface area (Å²) in [5.74, 6) is -1.69. The summed E-state index contributed by atoms with van der Waals surface area (Å²) < 4.78 is 26.5. The van der Waals surface area contributed by atoms with Gasteiger partial charge in [-0.25, -0.2) is 13.1 Å². The zero-order valence-corrected chi connectivity index (χ0v) is 14.1. The van der Waals surface area contributed by atoms with Crippen molar-refractivity contribution >= 4 is 33.2 Å². The molecule has 0 bridgehead atoms. The molecule has 0 aliphatic carbocycles. The molecule has 3 rings (SSSR count). The van der Waals surface area contributed by atoms with Gasteiger partial charge in [0, 0.05) is 5.70 Å². The van der Waals surface area contributed by atoms with Gasteiger partial charge in [-0.1, -0.05) is 30.3 Å². The van der Waals surface area contributed by atoms with Crippen LogP contribution in [0.2, 0.25) is 0 Å². The van der Waals surface area contributed by atoms with E-state index in [4.69, 9.17) is 0 Å². The van der Waals surface area contributed by atoms with E-state index in [0.29, 0.717) is 11.4 Å². The standard InChI is InChI=1S/C17H15N3O4S/c1-11-15(16(21)19-14-10-6-5-9-13(14)18-11)17(22)20-25(23,24)12-7-3-2-4-8-12/h2-10,18H,1H3,(H,19,21)(H,20,22). The Labute approximate surface area is 144 Å². The van der Waals surface area contributed by atoms with E-state index in [1.165, 1.54) is 19.1 Å². The van der Waals surface area contributed by atoms with Gasteiger partial charge in [0.25, 0.3) is 21.8 Å². The quantitative estimate of drug-likeness (QED) is 0.727. The number of carbonyl (C=O) groups is 2. The number of anilines is 2. The van der Waals surface area contributed by atoms with Crippen molar-refractivity contribution in [3.05, 3.63) is 65.9 Å². The van der Waals surface area contributed by atoms with Crippen LogP contribution in [-0.4, -0.2) is 20.2 Å². The second kappa shape index (κ2) is 6.40. The van der Waals surface area contributed by atoms with E-state index < -0.39 is 21.8 Å².